The van der Waals surface area contributed by atoms with E-state index >= 15 is 0 Å². The number of carbonyl (C=O) groups excluding carboxylic acids is 1. The quantitative estimate of drug-likeness (QED) is 0.817. The Kier molecular flexibility index (Phi) is 4.88. The normalized spacial score (nSPS) is 20.0. The van der Waals surface area contributed by atoms with Crippen molar-refractivity contribution < 1.29 is 23.8 Å². The zero-order valence-corrected chi connectivity index (χ0v) is 13.8. The first-order valence-electron chi connectivity index (χ1n) is 8.30. The summed E-state index contributed by atoms with van der Waals surface area (Å²) in [5.41, 5.74) is -2.31. The molecule has 3 rings (SSSR count). The highest BCUT2D eigenvalue weighted by Gasteiger charge is 2.46. The molecule has 1 N–H and O–H groups in total. The third-order valence-corrected chi connectivity index (χ3v) is 4.50. The molecule has 2 aromatic carbocycles. The van der Waals surface area contributed by atoms with Crippen LogP contribution in [0.5, 0.6) is 5.75 Å². The zero-order chi connectivity index (χ0) is 17.9. The maximum Gasteiger partial charge on any atom is 0.343 e. The van der Waals surface area contributed by atoms with Crippen molar-refractivity contribution in [2.24, 2.45) is 0 Å². The number of benzene rings is 2. The van der Waals surface area contributed by atoms with Crippen LogP contribution in [-0.2, 0) is 9.59 Å². The van der Waals surface area contributed by atoms with Gasteiger partial charge in [-0.25, -0.2) is 9.18 Å². The number of amides is 1. The fourth-order valence-electron chi connectivity index (χ4n) is 3.05. The second-order valence-electron chi connectivity index (χ2n) is 6.27. The molecule has 6 heteroatoms. The van der Waals surface area contributed by atoms with Crippen LogP contribution in [0.1, 0.15) is 19.3 Å². The van der Waals surface area contributed by atoms with E-state index in [4.69, 9.17) is 9.84 Å². The maximum atomic E-state index is 14.0. The predicted molar refractivity (Wildman–Crippen MR) is 91.3 cm³/mol. The Hall–Kier alpha value is -2.63. The maximum absolute atomic E-state index is 14.0. The Morgan fingerprint density at radius 3 is 2.72 bits per heavy atom. The molecule has 1 atom stereocenters. The molecule has 0 spiro atoms. The van der Waals surface area contributed by atoms with Crippen LogP contribution in [0.3, 0.4) is 0 Å². The number of hydrogen-bond donors (Lipinski definition) is 1. The number of fused-ring (bicyclic) bond motifs is 1. The van der Waals surface area contributed by atoms with E-state index in [1.807, 2.05) is 42.5 Å². The van der Waals surface area contributed by atoms with Crippen molar-refractivity contribution in [3.8, 4) is 5.75 Å². The van der Waals surface area contributed by atoms with Gasteiger partial charge in [0.25, 0.3) is 0 Å². The molecule has 0 bridgehead atoms. The van der Waals surface area contributed by atoms with E-state index in [9.17, 15) is 14.0 Å². The average Bonchev–Trinajstić information content (AvgIpc) is 3.02. The van der Waals surface area contributed by atoms with Crippen LogP contribution in [0, 0.1) is 0 Å². The van der Waals surface area contributed by atoms with Gasteiger partial charge in [-0.3, -0.25) is 4.79 Å². The summed E-state index contributed by atoms with van der Waals surface area (Å²) in [6, 6.07) is 13.7. The molecule has 5 nitrogen and oxygen atoms in total. The van der Waals surface area contributed by atoms with Crippen molar-refractivity contribution >= 4 is 22.6 Å². The van der Waals surface area contributed by atoms with Crippen molar-refractivity contribution in [3.05, 3.63) is 42.5 Å². The van der Waals surface area contributed by atoms with Gasteiger partial charge in [0, 0.05) is 24.8 Å². The number of likely N-dealkylation sites (tertiary alicyclic amines) is 1. The molecule has 1 unspecified atom stereocenters. The van der Waals surface area contributed by atoms with E-state index in [1.54, 1.807) is 0 Å². The lowest BCUT2D eigenvalue weighted by atomic mass is 10.1. The van der Waals surface area contributed by atoms with Crippen LogP contribution in [0.4, 0.5) is 4.39 Å². The molecule has 132 valence electrons. The first-order valence-corrected chi connectivity index (χ1v) is 8.30. The molecule has 0 aromatic heterocycles. The van der Waals surface area contributed by atoms with E-state index in [2.05, 4.69) is 0 Å². The number of hydrogen-bond acceptors (Lipinski definition) is 3. The summed E-state index contributed by atoms with van der Waals surface area (Å²) in [6.45, 7) is 0.143. The highest BCUT2D eigenvalue weighted by Crippen LogP contribution is 2.27. The Bertz CT molecular complexity index is 789. The minimum atomic E-state index is -2.31. The molecule has 0 aliphatic carbocycles. The third kappa shape index (κ3) is 3.73. The van der Waals surface area contributed by atoms with E-state index < -0.39 is 11.6 Å². The highest BCUT2D eigenvalue weighted by molar-refractivity contribution is 5.88. The number of aliphatic carboxylic acids is 1. The fourth-order valence-corrected chi connectivity index (χ4v) is 3.05. The van der Waals surface area contributed by atoms with Crippen LogP contribution < -0.4 is 4.74 Å². The van der Waals surface area contributed by atoms with Gasteiger partial charge < -0.3 is 14.7 Å². The van der Waals surface area contributed by atoms with Crippen molar-refractivity contribution in [2.45, 2.75) is 24.9 Å². The van der Waals surface area contributed by atoms with E-state index in [1.165, 1.54) is 4.90 Å². The van der Waals surface area contributed by atoms with Gasteiger partial charge in [-0.15, -0.1) is 0 Å². The Balaban J connectivity index is 1.49. The van der Waals surface area contributed by atoms with Gasteiger partial charge in [0.15, 0.2) is 0 Å². The lowest BCUT2D eigenvalue weighted by Gasteiger charge is -2.17. The van der Waals surface area contributed by atoms with Gasteiger partial charge in [-0.05, 0) is 17.9 Å². The number of alkyl halides is 1. The van der Waals surface area contributed by atoms with Gasteiger partial charge >= 0.3 is 5.97 Å². The molecule has 2 aromatic rings. The molecule has 1 saturated heterocycles. The summed E-state index contributed by atoms with van der Waals surface area (Å²) in [5, 5.41) is 11.0. The van der Waals surface area contributed by atoms with Gasteiger partial charge in [0.2, 0.25) is 11.6 Å². The van der Waals surface area contributed by atoms with Gasteiger partial charge in [-0.2, -0.15) is 0 Å². The minimum absolute atomic E-state index is 0.145. The zero-order valence-electron chi connectivity index (χ0n) is 13.8. The number of carboxylic acids is 1. The summed E-state index contributed by atoms with van der Waals surface area (Å²) in [6.07, 6.45) is 0.548. The summed E-state index contributed by atoms with van der Waals surface area (Å²) in [5.74, 6) is -0.968. The third-order valence-electron chi connectivity index (χ3n) is 4.50. The first kappa shape index (κ1) is 17.2. The van der Waals surface area contributed by atoms with Crippen LogP contribution in [-0.4, -0.2) is 47.2 Å². The number of halogens is 1. The number of rotatable bonds is 6. The van der Waals surface area contributed by atoms with Gasteiger partial charge in [0.05, 0.1) is 13.2 Å². The number of nitrogens with zero attached hydrogens (tertiary/aromatic N) is 1. The van der Waals surface area contributed by atoms with Crippen LogP contribution >= 0.6 is 0 Å². The summed E-state index contributed by atoms with van der Waals surface area (Å²) in [7, 11) is 0. The molecule has 1 fully saturated rings. The van der Waals surface area contributed by atoms with Crippen molar-refractivity contribution in [1.82, 2.24) is 4.90 Å². The van der Waals surface area contributed by atoms with Crippen LogP contribution in [0.2, 0.25) is 0 Å². The molecule has 1 amide bonds. The molecule has 1 aliphatic rings. The smallest absolute Gasteiger partial charge is 0.343 e. The van der Waals surface area contributed by atoms with Crippen molar-refractivity contribution in [1.29, 1.82) is 0 Å². The molecule has 0 radical (unpaired) electrons. The summed E-state index contributed by atoms with van der Waals surface area (Å²) < 4.78 is 19.8. The molecular formula is C19H20FNO4. The second-order valence-corrected chi connectivity index (χ2v) is 6.27. The Morgan fingerprint density at radius 1 is 1.20 bits per heavy atom. The van der Waals surface area contributed by atoms with E-state index in [0.717, 1.165) is 16.5 Å². The van der Waals surface area contributed by atoms with E-state index in [0.29, 0.717) is 13.0 Å². The fraction of sp³-hybridized carbons (Fsp3) is 0.368. The van der Waals surface area contributed by atoms with Crippen molar-refractivity contribution in [3.63, 3.8) is 0 Å². The average molecular weight is 345 g/mol. The van der Waals surface area contributed by atoms with Gasteiger partial charge in [0.1, 0.15) is 5.75 Å². The molecule has 1 aliphatic heterocycles. The SMILES string of the molecule is O=C(CCCOc1cccc2ccccc12)N1CCC(F)(C(=O)O)C1. The van der Waals surface area contributed by atoms with Crippen LogP contribution in [0.25, 0.3) is 10.8 Å². The lowest BCUT2D eigenvalue weighted by Crippen LogP contribution is -2.38. The minimum Gasteiger partial charge on any atom is -0.493 e. The molecular weight excluding hydrogens is 325 g/mol. The number of ether oxygens (including phenoxy) is 1. The Labute approximate surface area is 145 Å². The van der Waals surface area contributed by atoms with Crippen molar-refractivity contribution in [2.75, 3.05) is 19.7 Å². The monoisotopic (exact) mass is 345 g/mol. The topological polar surface area (TPSA) is 66.8 Å². The summed E-state index contributed by atoms with van der Waals surface area (Å²) >= 11 is 0. The van der Waals surface area contributed by atoms with E-state index in [-0.39, 0.29) is 31.8 Å². The van der Waals surface area contributed by atoms with Gasteiger partial charge in [-0.1, -0.05) is 36.4 Å². The first-order chi connectivity index (χ1) is 12.0. The standard InChI is InChI=1S/C19H20FNO4/c20-19(18(23)24)10-11-21(13-19)17(22)9-4-12-25-16-8-3-6-14-5-1-2-7-15(14)16/h1-3,5-8H,4,9-13H2,(H,23,24). The highest BCUT2D eigenvalue weighted by atomic mass is 19.1. The predicted octanol–water partition coefficient (Wildman–Crippen LogP) is 3.02. The second kappa shape index (κ2) is 7.09. The number of carboxylic acid groups (broad SMARTS) is 1. The van der Waals surface area contributed by atoms with Crippen LogP contribution in [0.15, 0.2) is 42.5 Å². The number of carbonyl (C=O) groups is 2. The molecule has 25 heavy (non-hydrogen) atoms. The summed E-state index contributed by atoms with van der Waals surface area (Å²) in [4.78, 5) is 24.3. The Morgan fingerprint density at radius 2 is 1.96 bits per heavy atom. The lowest BCUT2D eigenvalue weighted by molar-refractivity contribution is -0.150. The largest absolute Gasteiger partial charge is 0.493 e. The molecule has 0 saturated carbocycles. The molecule has 1 heterocycles.